The zero-order valence-corrected chi connectivity index (χ0v) is 20.5. The van der Waals surface area contributed by atoms with E-state index in [4.69, 9.17) is 14.2 Å². The van der Waals surface area contributed by atoms with Crippen LogP contribution in [-0.4, -0.2) is 52.0 Å². The summed E-state index contributed by atoms with van der Waals surface area (Å²) in [7, 11) is 0. The van der Waals surface area contributed by atoms with Crippen molar-refractivity contribution in [2.24, 2.45) is 23.7 Å². The minimum absolute atomic E-state index is 0.0232. The van der Waals surface area contributed by atoms with Crippen LogP contribution in [0.3, 0.4) is 0 Å². The van der Waals surface area contributed by atoms with Crippen molar-refractivity contribution >= 4 is 23.7 Å². The van der Waals surface area contributed by atoms with Crippen LogP contribution in [-0.2, 0) is 23.8 Å². The molecule has 9 heteroatoms. The minimum atomic E-state index is -0.828. The number of carbonyl (C=O) groups excluding carboxylic acids is 2. The van der Waals surface area contributed by atoms with E-state index in [-0.39, 0.29) is 23.4 Å². The van der Waals surface area contributed by atoms with Gasteiger partial charge in [-0.25, -0.2) is 9.59 Å². The molecule has 1 saturated carbocycles. The maximum atomic E-state index is 13.0. The van der Waals surface area contributed by atoms with Gasteiger partial charge in [0.05, 0.1) is 4.92 Å². The third kappa shape index (κ3) is 4.36. The fraction of sp³-hybridized carbons (Fsp3) is 0.615. The van der Waals surface area contributed by atoms with E-state index in [0.717, 1.165) is 12.8 Å². The second-order valence-electron chi connectivity index (χ2n) is 10.5. The van der Waals surface area contributed by atoms with Crippen molar-refractivity contribution in [1.82, 2.24) is 0 Å². The lowest BCUT2D eigenvalue weighted by Crippen LogP contribution is -2.62. The highest BCUT2D eigenvalue weighted by Crippen LogP contribution is 2.63. The Bertz CT molecular complexity index is 1020. The van der Waals surface area contributed by atoms with Crippen molar-refractivity contribution in [2.75, 3.05) is 6.61 Å². The van der Waals surface area contributed by atoms with Gasteiger partial charge in [0, 0.05) is 30.5 Å². The lowest BCUT2D eigenvalue weighted by atomic mass is 9.69. The second-order valence-corrected chi connectivity index (χ2v) is 10.5. The fourth-order valence-electron chi connectivity index (χ4n) is 6.48. The largest absolute Gasteiger partial charge is 0.457 e. The van der Waals surface area contributed by atoms with E-state index in [1.54, 1.807) is 18.2 Å². The molecule has 2 bridgehead atoms. The third-order valence-electron chi connectivity index (χ3n) is 8.31. The number of aliphatic hydroxyl groups excluding tert-OH is 1. The molecule has 3 unspecified atom stereocenters. The number of rotatable bonds is 7. The third-order valence-corrected chi connectivity index (χ3v) is 8.31. The molecule has 9 nitrogen and oxygen atoms in total. The lowest BCUT2D eigenvalue weighted by Gasteiger charge is -2.52. The van der Waals surface area contributed by atoms with Gasteiger partial charge in [0.2, 0.25) is 0 Å². The number of ether oxygens (including phenoxy) is 3. The summed E-state index contributed by atoms with van der Waals surface area (Å²) >= 11 is 0. The number of esters is 2. The van der Waals surface area contributed by atoms with Crippen LogP contribution < -0.4 is 0 Å². The molecule has 1 aromatic rings. The topological polar surface area (TPSA) is 125 Å². The molecule has 7 atom stereocenters. The predicted octanol–water partition coefficient (Wildman–Crippen LogP) is 3.67. The fourth-order valence-corrected chi connectivity index (χ4v) is 6.48. The minimum Gasteiger partial charge on any atom is -0.457 e. The van der Waals surface area contributed by atoms with E-state index in [9.17, 15) is 24.8 Å². The highest BCUT2D eigenvalue weighted by atomic mass is 16.6. The monoisotopic (exact) mass is 487 g/mol. The SMILES string of the molecule is CC(C)[C@]12CC(OC(=O)CO)[C@](C)(O1)C1CC[C@@H](C)C1[C@@H]2OC(=O)/C=C/c1ccc([N+](=O)[O-])cc1. The summed E-state index contributed by atoms with van der Waals surface area (Å²) in [5, 5.41) is 20.1. The molecule has 2 heterocycles. The first-order valence-electron chi connectivity index (χ1n) is 12.2. The smallest absolute Gasteiger partial charge is 0.332 e. The first-order valence-corrected chi connectivity index (χ1v) is 12.2. The molecule has 4 rings (SSSR count). The van der Waals surface area contributed by atoms with Gasteiger partial charge in [-0.1, -0.05) is 20.8 Å². The van der Waals surface area contributed by atoms with E-state index in [1.165, 1.54) is 18.2 Å². The molecule has 0 spiro atoms. The summed E-state index contributed by atoms with van der Waals surface area (Å²) in [6.45, 7) is 7.48. The van der Waals surface area contributed by atoms with Crippen LogP contribution >= 0.6 is 0 Å². The van der Waals surface area contributed by atoms with Gasteiger partial charge < -0.3 is 19.3 Å². The van der Waals surface area contributed by atoms with Gasteiger partial charge in [-0.2, -0.15) is 0 Å². The average Bonchev–Trinajstić information content (AvgIpc) is 3.33. The van der Waals surface area contributed by atoms with E-state index < -0.39 is 46.9 Å². The van der Waals surface area contributed by atoms with Crippen molar-refractivity contribution < 1.29 is 33.8 Å². The summed E-state index contributed by atoms with van der Waals surface area (Å²) in [5.74, 6) is -0.844. The molecule has 2 aliphatic heterocycles. The van der Waals surface area contributed by atoms with Crippen molar-refractivity contribution in [3.8, 4) is 0 Å². The maximum Gasteiger partial charge on any atom is 0.332 e. The molecule has 2 saturated heterocycles. The van der Waals surface area contributed by atoms with Crippen molar-refractivity contribution in [2.45, 2.75) is 70.4 Å². The Morgan fingerprint density at radius 3 is 2.54 bits per heavy atom. The molecule has 1 aliphatic carbocycles. The molecule has 190 valence electrons. The van der Waals surface area contributed by atoms with Gasteiger partial charge in [0.15, 0.2) is 0 Å². The van der Waals surface area contributed by atoms with Gasteiger partial charge in [-0.15, -0.1) is 0 Å². The normalized spacial score (nSPS) is 35.8. The Labute approximate surface area is 204 Å². The summed E-state index contributed by atoms with van der Waals surface area (Å²) in [5.41, 5.74) is -0.930. The van der Waals surface area contributed by atoms with Crippen LogP contribution in [0.25, 0.3) is 6.08 Å². The Hall–Kier alpha value is -2.78. The molecule has 1 aromatic carbocycles. The molecule has 0 amide bonds. The number of nitrogens with zero attached hydrogens (tertiary/aromatic N) is 1. The molecule has 3 fully saturated rings. The van der Waals surface area contributed by atoms with Crippen LogP contribution in [0.15, 0.2) is 30.3 Å². The zero-order chi connectivity index (χ0) is 25.5. The molecule has 1 N–H and O–H groups in total. The van der Waals surface area contributed by atoms with Crippen molar-refractivity contribution in [3.05, 3.63) is 46.0 Å². The predicted molar refractivity (Wildman–Crippen MR) is 126 cm³/mol. The summed E-state index contributed by atoms with van der Waals surface area (Å²) in [6.07, 6.45) is 4.04. The van der Waals surface area contributed by atoms with Gasteiger partial charge in [0.1, 0.15) is 30.0 Å². The number of nitro benzene ring substituents is 1. The Morgan fingerprint density at radius 1 is 1.26 bits per heavy atom. The Balaban J connectivity index is 1.61. The number of fused-ring (bicyclic) bond motifs is 4. The highest BCUT2D eigenvalue weighted by Gasteiger charge is 2.72. The first kappa shape index (κ1) is 25.3. The number of carbonyl (C=O) groups is 2. The van der Waals surface area contributed by atoms with Crippen molar-refractivity contribution in [1.29, 1.82) is 0 Å². The van der Waals surface area contributed by atoms with Crippen LogP contribution in [0.5, 0.6) is 0 Å². The quantitative estimate of drug-likeness (QED) is 0.267. The van der Waals surface area contributed by atoms with E-state index in [2.05, 4.69) is 6.92 Å². The number of benzene rings is 1. The van der Waals surface area contributed by atoms with E-state index >= 15 is 0 Å². The van der Waals surface area contributed by atoms with Gasteiger partial charge >= 0.3 is 11.9 Å². The standard InChI is InChI=1S/C26H33NO8/c1-15(2)26-13-20(33-22(30)14-28)25(4,35-26)19-11-5-16(3)23(19)24(26)34-21(29)12-8-17-6-9-18(10-7-17)27(31)32/h6-10,12,15-16,19-20,23-24,28H,5,11,13-14H2,1-4H3/b12-8+/t16-,19?,20?,23?,24+,25-,26+/m1/s1. The summed E-state index contributed by atoms with van der Waals surface area (Å²) in [4.78, 5) is 35.4. The summed E-state index contributed by atoms with van der Waals surface area (Å²) < 4.78 is 18.5. The summed E-state index contributed by atoms with van der Waals surface area (Å²) in [6, 6.07) is 5.90. The number of hydrogen-bond acceptors (Lipinski definition) is 8. The maximum absolute atomic E-state index is 13.0. The van der Waals surface area contributed by atoms with Crippen LogP contribution in [0.4, 0.5) is 5.69 Å². The molecule has 3 aliphatic rings. The van der Waals surface area contributed by atoms with Crippen LogP contribution in [0.1, 0.15) is 52.5 Å². The molecule has 0 radical (unpaired) electrons. The molecule has 0 aromatic heterocycles. The average molecular weight is 488 g/mol. The molecular weight excluding hydrogens is 454 g/mol. The number of non-ortho nitro benzene ring substituents is 1. The molecule has 35 heavy (non-hydrogen) atoms. The lowest BCUT2D eigenvalue weighted by molar-refractivity contribution is -0.384. The van der Waals surface area contributed by atoms with E-state index in [0.29, 0.717) is 17.9 Å². The Kier molecular flexibility index (Phi) is 6.76. The van der Waals surface area contributed by atoms with Gasteiger partial charge in [-0.05, 0) is 61.3 Å². The zero-order valence-electron chi connectivity index (χ0n) is 20.5. The second kappa shape index (κ2) is 9.35. The number of aliphatic hydroxyl groups is 1. The van der Waals surface area contributed by atoms with Gasteiger partial charge in [-0.3, -0.25) is 10.1 Å². The number of hydrogen-bond donors (Lipinski definition) is 1. The molecular formula is C26H33NO8. The van der Waals surface area contributed by atoms with Gasteiger partial charge in [0.25, 0.3) is 5.69 Å². The van der Waals surface area contributed by atoms with E-state index in [1.807, 2.05) is 20.8 Å². The van der Waals surface area contributed by atoms with Crippen LogP contribution in [0.2, 0.25) is 0 Å². The Morgan fingerprint density at radius 2 is 1.94 bits per heavy atom. The van der Waals surface area contributed by atoms with Crippen LogP contribution in [0, 0.1) is 33.8 Å². The first-order chi connectivity index (χ1) is 16.5. The highest BCUT2D eigenvalue weighted by molar-refractivity contribution is 5.87. The van der Waals surface area contributed by atoms with Crippen molar-refractivity contribution in [3.63, 3.8) is 0 Å². The number of nitro groups is 1.